The molecule has 2 aromatic rings. The number of carbonyl (C=O) groups is 3. The van der Waals surface area contributed by atoms with Gasteiger partial charge in [0.05, 0.1) is 12.0 Å². The number of hydrogen-bond acceptors (Lipinski definition) is 4. The summed E-state index contributed by atoms with van der Waals surface area (Å²) in [6.07, 6.45) is -0.579. The highest BCUT2D eigenvalue weighted by Gasteiger charge is 2.31. The molecule has 6 heteroatoms. The normalized spacial score (nSPS) is 16.0. The number of esters is 1. The van der Waals surface area contributed by atoms with Crippen molar-refractivity contribution in [1.82, 2.24) is 0 Å². The minimum absolute atomic E-state index is 0.0176. The minimum atomic E-state index is -0.908. The van der Waals surface area contributed by atoms with Crippen molar-refractivity contribution in [3.63, 3.8) is 0 Å². The Kier molecular flexibility index (Phi) is 4.29. The number of cyclic esters (lactones) is 1. The topological polar surface area (TPSA) is 98.5 Å². The van der Waals surface area contributed by atoms with Crippen LogP contribution in [-0.4, -0.2) is 23.9 Å². The highest BCUT2D eigenvalue weighted by molar-refractivity contribution is 6.00. The number of nitrogens with two attached hydrogens (primary N) is 1. The lowest BCUT2D eigenvalue weighted by molar-refractivity contribution is -0.125. The van der Waals surface area contributed by atoms with E-state index in [4.69, 9.17) is 10.5 Å². The molecule has 0 saturated carbocycles. The Morgan fingerprint density at radius 2 is 1.83 bits per heavy atom. The maximum absolute atomic E-state index is 12.5. The van der Waals surface area contributed by atoms with E-state index in [1.807, 2.05) is 6.07 Å². The number of carbonyl (C=O) groups excluding carboxylic acids is 3. The molecule has 24 heavy (non-hydrogen) atoms. The fraction of sp³-hybridized carbons (Fsp3) is 0.167. The van der Waals surface area contributed by atoms with E-state index in [1.165, 1.54) is 0 Å². The van der Waals surface area contributed by atoms with Gasteiger partial charge in [0.15, 0.2) is 6.10 Å². The number of amides is 2. The molecule has 0 spiro atoms. The third kappa shape index (κ3) is 3.27. The average molecular weight is 324 g/mol. The molecular weight excluding hydrogens is 308 g/mol. The zero-order valence-corrected chi connectivity index (χ0v) is 12.8. The molecule has 1 aliphatic rings. The number of nitrogens with one attached hydrogen (secondary N) is 1. The molecule has 6 nitrogen and oxygen atoms in total. The summed E-state index contributed by atoms with van der Waals surface area (Å²) in [5, 5.41) is 2.71. The van der Waals surface area contributed by atoms with E-state index in [9.17, 15) is 14.4 Å². The fourth-order valence-corrected chi connectivity index (χ4v) is 2.68. The predicted octanol–water partition coefficient (Wildman–Crippen LogP) is 1.43. The van der Waals surface area contributed by atoms with Crippen molar-refractivity contribution in [3.05, 3.63) is 65.2 Å². The number of fused-ring (bicyclic) bond motifs is 1. The monoisotopic (exact) mass is 324 g/mol. The van der Waals surface area contributed by atoms with Gasteiger partial charge in [-0.3, -0.25) is 9.59 Å². The lowest BCUT2D eigenvalue weighted by Crippen LogP contribution is -2.38. The summed E-state index contributed by atoms with van der Waals surface area (Å²) in [7, 11) is 0. The molecule has 2 amide bonds. The minimum Gasteiger partial charge on any atom is -0.448 e. The van der Waals surface area contributed by atoms with Gasteiger partial charge in [0.2, 0.25) is 5.91 Å². The molecule has 2 aromatic carbocycles. The third-order valence-electron chi connectivity index (χ3n) is 3.82. The fourth-order valence-electron chi connectivity index (χ4n) is 2.68. The van der Waals surface area contributed by atoms with Crippen molar-refractivity contribution in [1.29, 1.82) is 0 Å². The second-order valence-electron chi connectivity index (χ2n) is 5.54. The Morgan fingerprint density at radius 1 is 1.12 bits per heavy atom. The van der Waals surface area contributed by atoms with Crippen molar-refractivity contribution in [2.24, 2.45) is 5.73 Å². The molecule has 0 radical (unpaired) electrons. The Bertz CT molecular complexity index is 816. The third-order valence-corrected chi connectivity index (χ3v) is 3.82. The molecule has 0 bridgehead atoms. The first kappa shape index (κ1) is 15.7. The number of hydrogen-bond donors (Lipinski definition) is 2. The van der Waals surface area contributed by atoms with E-state index in [-0.39, 0.29) is 6.42 Å². The molecule has 0 saturated heterocycles. The largest absolute Gasteiger partial charge is 0.448 e. The average Bonchev–Trinajstić information content (AvgIpc) is 2.56. The first-order chi connectivity index (χ1) is 11.5. The van der Waals surface area contributed by atoms with Gasteiger partial charge in [0, 0.05) is 12.1 Å². The van der Waals surface area contributed by atoms with Crippen LogP contribution < -0.4 is 11.1 Å². The van der Waals surface area contributed by atoms with Crippen LogP contribution in [0, 0.1) is 0 Å². The second-order valence-corrected chi connectivity index (χ2v) is 5.54. The van der Waals surface area contributed by atoms with Crippen LogP contribution >= 0.6 is 0 Å². The number of ether oxygens (including phenoxy) is 1. The number of primary amides is 1. The molecule has 3 rings (SSSR count). The first-order valence-electron chi connectivity index (χ1n) is 7.50. The van der Waals surface area contributed by atoms with Crippen LogP contribution in [0.15, 0.2) is 48.5 Å². The molecule has 1 heterocycles. The summed E-state index contributed by atoms with van der Waals surface area (Å²) in [5.41, 5.74) is 7.57. The van der Waals surface area contributed by atoms with Crippen LogP contribution in [0.25, 0.3) is 0 Å². The SMILES string of the molecule is NC(=O)Cc1ccccc1NC(=O)C1Cc2ccccc2C(=O)O1. The van der Waals surface area contributed by atoms with E-state index in [2.05, 4.69) is 5.32 Å². The Labute approximate surface area is 138 Å². The molecule has 1 atom stereocenters. The number of anilines is 1. The summed E-state index contributed by atoms with van der Waals surface area (Å²) >= 11 is 0. The zero-order valence-electron chi connectivity index (χ0n) is 12.8. The number of rotatable bonds is 4. The quantitative estimate of drug-likeness (QED) is 0.831. The molecule has 122 valence electrons. The van der Waals surface area contributed by atoms with Gasteiger partial charge in [-0.05, 0) is 23.3 Å². The predicted molar refractivity (Wildman–Crippen MR) is 87.3 cm³/mol. The summed E-state index contributed by atoms with van der Waals surface area (Å²) in [4.78, 5) is 35.6. The van der Waals surface area contributed by atoms with Crippen molar-refractivity contribution >= 4 is 23.5 Å². The van der Waals surface area contributed by atoms with Crippen LogP contribution in [0.5, 0.6) is 0 Å². The van der Waals surface area contributed by atoms with Gasteiger partial charge < -0.3 is 15.8 Å². The van der Waals surface area contributed by atoms with Crippen LogP contribution in [0.3, 0.4) is 0 Å². The van der Waals surface area contributed by atoms with Crippen LogP contribution in [0.2, 0.25) is 0 Å². The molecule has 0 aromatic heterocycles. The van der Waals surface area contributed by atoms with Gasteiger partial charge in [0.25, 0.3) is 5.91 Å². The maximum Gasteiger partial charge on any atom is 0.339 e. The van der Waals surface area contributed by atoms with E-state index >= 15 is 0 Å². The highest BCUT2D eigenvalue weighted by atomic mass is 16.5. The molecule has 3 N–H and O–H groups in total. The molecule has 1 unspecified atom stereocenters. The van der Waals surface area contributed by atoms with E-state index in [0.717, 1.165) is 5.56 Å². The highest BCUT2D eigenvalue weighted by Crippen LogP contribution is 2.22. The molecular formula is C18H16N2O4. The van der Waals surface area contributed by atoms with Crippen LogP contribution in [0.4, 0.5) is 5.69 Å². The number of para-hydroxylation sites is 1. The van der Waals surface area contributed by atoms with Crippen molar-refractivity contribution < 1.29 is 19.1 Å². The summed E-state index contributed by atoms with van der Waals surface area (Å²) in [5.74, 6) is -1.44. The summed E-state index contributed by atoms with van der Waals surface area (Å²) < 4.78 is 5.23. The Balaban J connectivity index is 1.77. The van der Waals surface area contributed by atoms with Gasteiger partial charge in [-0.1, -0.05) is 36.4 Å². The van der Waals surface area contributed by atoms with E-state index in [0.29, 0.717) is 23.2 Å². The van der Waals surface area contributed by atoms with Gasteiger partial charge in [-0.25, -0.2) is 4.79 Å². The summed E-state index contributed by atoms with van der Waals surface area (Å²) in [6.45, 7) is 0. The zero-order chi connectivity index (χ0) is 17.1. The van der Waals surface area contributed by atoms with Crippen LogP contribution in [-0.2, 0) is 27.2 Å². The smallest absolute Gasteiger partial charge is 0.339 e. The second kappa shape index (κ2) is 6.54. The van der Waals surface area contributed by atoms with E-state index < -0.39 is 23.9 Å². The molecule has 0 fully saturated rings. The first-order valence-corrected chi connectivity index (χ1v) is 7.50. The standard InChI is InChI=1S/C18H16N2O4/c19-16(21)10-12-6-2-4-8-14(12)20-17(22)15-9-11-5-1-3-7-13(11)18(23)24-15/h1-8,15H,9-10H2,(H2,19,21)(H,20,22). The lowest BCUT2D eigenvalue weighted by atomic mass is 9.98. The van der Waals surface area contributed by atoms with Gasteiger partial charge in [0.1, 0.15) is 0 Å². The van der Waals surface area contributed by atoms with E-state index in [1.54, 1.807) is 42.5 Å². The van der Waals surface area contributed by atoms with Crippen molar-refractivity contribution in [3.8, 4) is 0 Å². The van der Waals surface area contributed by atoms with Gasteiger partial charge in [-0.2, -0.15) is 0 Å². The molecule has 0 aliphatic carbocycles. The van der Waals surface area contributed by atoms with Crippen molar-refractivity contribution in [2.45, 2.75) is 18.9 Å². The Morgan fingerprint density at radius 3 is 2.62 bits per heavy atom. The summed E-state index contributed by atoms with van der Waals surface area (Å²) in [6, 6.07) is 13.9. The Hall–Kier alpha value is -3.15. The van der Waals surface area contributed by atoms with Crippen LogP contribution in [0.1, 0.15) is 21.5 Å². The van der Waals surface area contributed by atoms with Gasteiger partial charge >= 0.3 is 5.97 Å². The lowest BCUT2D eigenvalue weighted by Gasteiger charge is -2.24. The number of benzene rings is 2. The maximum atomic E-state index is 12.5. The molecule has 1 aliphatic heterocycles. The van der Waals surface area contributed by atoms with Crippen molar-refractivity contribution in [2.75, 3.05) is 5.32 Å². The van der Waals surface area contributed by atoms with Gasteiger partial charge in [-0.15, -0.1) is 0 Å².